The third-order valence-electron chi connectivity index (χ3n) is 6.32. The van der Waals surface area contributed by atoms with E-state index in [0.717, 1.165) is 28.1 Å². The highest BCUT2D eigenvalue weighted by Crippen LogP contribution is 2.40. The van der Waals surface area contributed by atoms with Crippen LogP contribution in [-0.4, -0.2) is 42.9 Å². The first kappa shape index (κ1) is 24.1. The molecule has 0 spiro atoms. The predicted molar refractivity (Wildman–Crippen MR) is 136 cm³/mol. The summed E-state index contributed by atoms with van der Waals surface area (Å²) in [6, 6.07) is 24.2. The number of amides is 1. The number of aliphatic hydroxyl groups excluding tert-OH is 1. The third-order valence-corrected chi connectivity index (χ3v) is 6.32. The Labute approximate surface area is 206 Å². The Morgan fingerprint density at radius 2 is 1.60 bits per heavy atom. The van der Waals surface area contributed by atoms with Gasteiger partial charge in [-0.25, -0.2) is 0 Å². The summed E-state index contributed by atoms with van der Waals surface area (Å²) in [6.45, 7) is 0.252. The molecule has 180 valence electrons. The highest BCUT2D eigenvalue weighted by Gasteiger charge is 2.43. The maximum atomic E-state index is 13.4. The lowest BCUT2D eigenvalue weighted by molar-refractivity contribution is -0.130. The lowest BCUT2D eigenvalue weighted by atomic mass is 9.93. The molecule has 3 aromatic rings. The van der Waals surface area contributed by atoms with Gasteiger partial charge in [0, 0.05) is 32.7 Å². The molecule has 0 aliphatic carbocycles. The first-order valence-corrected chi connectivity index (χ1v) is 11.6. The van der Waals surface area contributed by atoms with Crippen LogP contribution < -0.4 is 9.64 Å². The average Bonchev–Trinajstić information content (AvgIpc) is 3.13. The zero-order valence-corrected chi connectivity index (χ0v) is 20.3. The first-order chi connectivity index (χ1) is 16.9. The Kier molecular flexibility index (Phi) is 7.20. The van der Waals surface area contributed by atoms with E-state index in [1.54, 1.807) is 12.0 Å². The molecule has 1 N–H and O–H groups in total. The molecule has 0 fully saturated rings. The van der Waals surface area contributed by atoms with Crippen LogP contribution in [0.1, 0.15) is 29.2 Å². The van der Waals surface area contributed by atoms with Crippen LogP contribution in [0.25, 0.3) is 0 Å². The van der Waals surface area contributed by atoms with Gasteiger partial charge in [0.25, 0.3) is 5.91 Å². The summed E-state index contributed by atoms with van der Waals surface area (Å²) in [5.41, 5.74) is 3.86. The van der Waals surface area contributed by atoms with Gasteiger partial charge in [-0.15, -0.1) is 0 Å². The fourth-order valence-electron chi connectivity index (χ4n) is 4.37. The highest BCUT2D eigenvalue weighted by atomic mass is 16.5. The molecular weight excluding hydrogens is 440 g/mol. The molecular formula is C29H30N2O4. The molecule has 4 rings (SSSR count). The molecule has 0 saturated heterocycles. The SMILES string of the molecule is COc1ccc(CN2C(=O)C(O)=C(C(=O)CCc3ccccc3)C2c2ccc(N(C)C)cc2)cc1. The van der Waals surface area contributed by atoms with Gasteiger partial charge in [0.1, 0.15) is 5.75 Å². The molecule has 0 radical (unpaired) electrons. The molecule has 1 aliphatic heterocycles. The van der Waals surface area contributed by atoms with E-state index in [1.165, 1.54) is 0 Å². The van der Waals surface area contributed by atoms with Crippen LogP contribution in [0.4, 0.5) is 5.69 Å². The van der Waals surface area contributed by atoms with Crippen molar-refractivity contribution in [1.29, 1.82) is 0 Å². The zero-order chi connectivity index (χ0) is 24.9. The van der Waals surface area contributed by atoms with Crippen LogP contribution in [0, 0.1) is 0 Å². The van der Waals surface area contributed by atoms with Gasteiger partial charge in [-0.05, 0) is 47.4 Å². The number of ether oxygens (including phenoxy) is 1. The minimum atomic E-state index is -0.663. The standard InChI is InChI=1S/C29H30N2O4/c1-30(2)23-14-12-22(13-15-23)27-26(25(32)18-11-20-7-5-4-6-8-20)28(33)29(34)31(27)19-21-9-16-24(35-3)17-10-21/h4-10,12-17,27,33H,11,18-19H2,1-3H3. The van der Waals surface area contributed by atoms with Crippen molar-refractivity contribution in [3.05, 3.63) is 107 Å². The first-order valence-electron chi connectivity index (χ1n) is 11.6. The summed E-state index contributed by atoms with van der Waals surface area (Å²) >= 11 is 0. The number of nitrogens with zero attached hydrogens (tertiary/aromatic N) is 2. The Balaban J connectivity index is 1.66. The molecule has 1 atom stereocenters. The summed E-state index contributed by atoms with van der Waals surface area (Å²) < 4.78 is 5.23. The molecule has 0 aromatic heterocycles. The quantitative estimate of drug-likeness (QED) is 0.484. The summed E-state index contributed by atoms with van der Waals surface area (Å²) in [5.74, 6) is -0.502. The van der Waals surface area contributed by atoms with Crippen molar-refractivity contribution < 1.29 is 19.4 Å². The molecule has 1 heterocycles. The van der Waals surface area contributed by atoms with E-state index < -0.39 is 17.7 Å². The van der Waals surface area contributed by atoms with E-state index in [-0.39, 0.29) is 24.3 Å². The molecule has 1 unspecified atom stereocenters. The normalized spacial score (nSPS) is 15.5. The van der Waals surface area contributed by atoms with Crippen molar-refractivity contribution in [3.63, 3.8) is 0 Å². The van der Waals surface area contributed by atoms with E-state index in [9.17, 15) is 14.7 Å². The van der Waals surface area contributed by atoms with Gasteiger partial charge in [0.05, 0.1) is 18.7 Å². The van der Waals surface area contributed by atoms with Crippen LogP contribution in [0.15, 0.2) is 90.2 Å². The van der Waals surface area contributed by atoms with Crippen LogP contribution in [-0.2, 0) is 22.6 Å². The number of rotatable bonds is 9. The van der Waals surface area contributed by atoms with E-state index in [2.05, 4.69) is 0 Å². The smallest absolute Gasteiger partial charge is 0.290 e. The minimum Gasteiger partial charge on any atom is -0.503 e. The van der Waals surface area contributed by atoms with Gasteiger partial charge in [0.2, 0.25) is 0 Å². The van der Waals surface area contributed by atoms with E-state index >= 15 is 0 Å². The molecule has 1 aliphatic rings. The van der Waals surface area contributed by atoms with E-state index in [4.69, 9.17) is 4.74 Å². The number of ketones is 1. The Morgan fingerprint density at radius 3 is 2.20 bits per heavy atom. The summed E-state index contributed by atoms with van der Waals surface area (Å²) in [5, 5.41) is 10.9. The Bertz CT molecular complexity index is 1220. The molecule has 3 aromatic carbocycles. The van der Waals surface area contributed by atoms with Gasteiger partial charge in [-0.2, -0.15) is 0 Å². The molecule has 0 saturated carbocycles. The average molecular weight is 471 g/mol. The summed E-state index contributed by atoms with van der Waals surface area (Å²) in [6.07, 6.45) is 0.745. The van der Waals surface area contributed by atoms with Crippen molar-refractivity contribution in [1.82, 2.24) is 4.90 Å². The second-order valence-corrected chi connectivity index (χ2v) is 8.84. The fourth-order valence-corrected chi connectivity index (χ4v) is 4.37. The maximum absolute atomic E-state index is 13.4. The molecule has 6 heteroatoms. The van der Waals surface area contributed by atoms with Crippen LogP contribution in [0.2, 0.25) is 0 Å². The van der Waals surface area contributed by atoms with Crippen LogP contribution in [0.5, 0.6) is 5.75 Å². The largest absolute Gasteiger partial charge is 0.503 e. The number of methoxy groups -OCH3 is 1. The summed E-state index contributed by atoms with van der Waals surface area (Å²) in [7, 11) is 5.50. The monoisotopic (exact) mass is 470 g/mol. The van der Waals surface area contributed by atoms with Gasteiger partial charge in [0.15, 0.2) is 11.5 Å². The van der Waals surface area contributed by atoms with Crippen molar-refractivity contribution in [2.75, 3.05) is 26.1 Å². The molecule has 0 bridgehead atoms. The van der Waals surface area contributed by atoms with Crippen molar-refractivity contribution in [3.8, 4) is 5.75 Å². The molecule has 35 heavy (non-hydrogen) atoms. The second kappa shape index (κ2) is 10.5. The van der Waals surface area contributed by atoms with Crippen molar-refractivity contribution >= 4 is 17.4 Å². The van der Waals surface area contributed by atoms with E-state index in [1.807, 2.05) is 97.9 Å². The molecule has 1 amide bonds. The zero-order valence-electron chi connectivity index (χ0n) is 20.3. The summed E-state index contributed by atoms with van der Waals surface area (Å²) in [4.78, 5) is 30.2. The van der Waals surface area contributed by atoms with Crippen LogP contribution in [0.3, 0.4) is 0 Å². The molecule has 6 nitrogen and oxygen atoms in total. The lowest BCUT2D eigenvalue weighted by Gasteiger charge is -2.27. The second-order valence-electron chi connectivity index (χ2n) is 8.84. The number of carbonyl (C=O) groups excluding carboxylic acids is 2. The van der Waals surface area contributed by atoms with E-state index in [0.29, 0.717) is 6.42 Å². The van der Waals surface area contributed by atoms with Crippen LogP contribution >= 0.6 is 0 Å². The Morgan fingerprint density at radius 1 is 0.943 bits per heavy atom. The topological polar surface area (TPSA) is 70.1 Å². The maximum Gasteiger partial charge on any atom is 0.290 e. The number of hydrogen-bond acceptors (Lipinski definition) is 5. The number of hydrogen-bond donors (Lipinski definition) is 1. The Hall–Kier alpha value is -4.06. The van der Waals surface area contributed by atoms with Crippen molar-refractivity contribution in [2.45, 2.75) is 25.4 Å². The number of benzene rings is 3. The number of anilines is 1. The lowest BCUT2D eigenvalue weighted by Crippen LogP contribution is -2.30. The van der Waals surface area contributed by atoms with Crippen molar-refractivity contribution in [2.24, 2.45) is 0 Å². The predicted octanol–water partition coefficient (Wildman–Crippen LogP) is 4.86. The number of carbonyl (C=O) groups is 2. The third kappa shape index (κ3) is 5.22. The van der Waals surface area contributed by atoms with Gasteiger partial charge >= 0.3 is 0 Å². The van der Waals surface area contributed by atoms with Gasteiger partial charge in [-0.3, -0.25) is 9.59 Å². The van der Waals surface area contributed by atoms with Gasteiger partial charge in [-0.1, -0.05) is 54.6 Å². The fraction of sp³-hybridized carbons (Fsp3) is 0.241. The highest BCUT2D eigenvalue weighted by molar-refractivity contribution is 6.09. The van der Waals surface area contributed by atoms with Gasteiger partial charge < -0.3 is 19.6 Å². The number of aliphatic hydroxyl groups is 1. The number of aryl methyl sites for hydroxylation is 1. The minimum absolute atomic E-state index is 0.164. The number of Topliss-reactive ketones (excluding diaryl/α,β-unsaturated/α-hetero) is 1.